The van der Waals surface area contributed by atoms with Crippen LogP contribution in [0, 0.1) is 5.92 Å². The number of carbonyl (C=O) groups excluding carboxylic acids is 2. The molecule has 2 atom stereocenters. The van der Waals surface area contributed by atoms with Crippen molar-refractivity contribution in [2.45, 2.75) is 26.1 Å². The van der Waals surface area contributed by atoms with Gasteiger partial charge < -0.3 is 14.8 Å². The third kappa shape index (κ3) is 3.43. The molecule has 2 aliphatic rings. The van der Waals surface area contributed by atoms with Gasteiger partial charge in [0.05, 0.1) is 11.2 Å². The maximum atomic E-state index is 11.6. The lowest BCUT2D eigenvalue weighted by molar-refractivity contribution is -0.119. The van der Waals surface area contributed by atoms with E-state index in [-0.39, 0.29) is 24.5 Å². The van der Waals surface area contributed by atoms with Gasteiger partial charge in [0.25, 0.3) is 0 Å². The maximum Gasteiger partial charge on any atom is 0.411 e. The van der Waals surface area contributed by atoms with Crippen molar-refractivity contribution in [3.8, 4) is 16.9 Å². The van der Waals surface area contributed by atoms with Crippen LogP contribution in [0.15, 0.2) is 48.7 Å². The van der Waals surface area contributed by atoms with Crippen molar-refractivity contribution in [3.63, 3.8) is 0 Å². The quantitative estimate of drug-likeness (QED) is 0.690. The molecule has 7 nitrogen and oxygen atoms in total. The lowest BCUT2D eigenvalue weighted by atomic mass is 9.99. The number of nitrogens with zero attached hydrogens (tertiary/aromatic N) is 1. The Labute approximate surface area is 173 Å². The molecule has 30 heavy (non-hydrogen) atoms. The second kappa shape index (κ2) is 7.33. The van der Waals surface area contributed by atoms with Gasteiger partial charge in [-0.15, -0.1) is 0 Å². The number of carbonyl (C=O) groups is 2. The van der Waals surface area contributed by atoms with Crippen LogP contribution in [-0.4, -0.2) is 29.6 Å². The van der Waals surface area contributed by atoms with Crippen molar-refractivity contribution in [3.05, 3.63) is 54.2 Å². The Morgan fingerprint density at radius 1 is 1.17 bits per heavy atom. The third-order valence-electron chi connectivity index (χ3n) is 5.70. The lowest BCUT2D eigenvalue weighted by Crippen LogP contribution is -2.25. The van der Waals surface area contributed by atoms with Crippen LogP contribution in [0.1, 0.15) is 18.9 Å². The molecular formula is C23H21N3O4. The number of fused-ring (bicyclic) bond motifs is 2. The fourth-order valence-electron chi connectivity index (χ4n) is 3.97. The molecular weight excluding hydrogens is 382 g/mol. The van der Waals surface area contributed by atoms with Crippen LogP contribution in [-0.2, 0) is 16.1 Å². The highest BCUT2D eigenvalue weighted by molar-refractivity contribution is 5.91. The second-order valence-electron chi connectivity index (χ2n) is 7.71. The lowest BCUT2D eigenvalue weighted by Gasteiger charge is -2.22. The van der Waals surface area contributed by atoms with Gasteiger partial charge in [0.1, 0.15) is 18.5 Å². The van der Waals surface area contributed by atoms with Crippen molar-refractivity contribution >= 4 is 28.6 Å². The highest BCUT2D eigenvalue weighted by Crippen LogP contribution is 2.35. The monoisotopic (exact) mass is 403 g/mol. The molecule has 0 unspecified atom stereocenters. The van der Waals surface area contributed by atoms with Gasteiger partial charge in [0, 0.05) is 36.0 Å². The van der Waals surface area contributed by atoms with E-state index in [9.17, 15) is 9.59 Å². The minimum Gasteiger partial charge on any atom is -0.490 e. The smallest absolute Gasteiger partial charge is 0.411 e. The van der Waals surface area contributed by atoms with Crippen molar-refractivity contribution in [2.24, 2.45) is 5.92 Å². The number of hydrogen-bond donors (Lipinski definition) is 2. The number of anilines is 1. The number of aromatic nitrogens is 1. The summed E-state index contributed by atoms with van der Waals surface area (Å²) in [5, 5.41) is 6.51. The van der Waals surface area contributed by atoms with Crippen LogP contribution in [0.25, 0.3) is 22.0 Å². The first kappa shape index (κ1) is 18.4. The standard InChI is InChI=1S/C23H21N3O4/c1-13(16-10-22(27)25-11-16)30-21-9-15(8-20-18(21)3-2-6-24-20)14-4-5-19-17(7-14)12-29-23(28)26-19/h2-9,13,16H,10-12H2,1H3,(H,25,27)(H,26,28)/t13-,16+/m1/s1. The fourth-order valence-corrected chi connectivity index (χ4v) is 3.97. The molecule has 3 heterocycles. The average molecular weight is 403 g/mol. The van der Waals surface area contributed by atoms with Gasteiger partial charge in [-0.05, 0) is 54.4 Å². The summed E-state index contributed by atoms with van der Waals surface area (Å²) < 4.78 is 11.4. The highest BCUT2D eigenvalue weighted by Gasteiger charge is 2.28. The van der Waals surface area contributed by atoms with E-state index in [4.69, 9.17) is 9.47 Å². The van der Waals surface area contributed by atoms with E-state index in [1.54, 1.807) is 6.20 Å². The number of cyclic esters (lactones) is 1. The summed E-state index contributed by atoms with van der Waals surface area (Å²) in [5.74, 6) is 0.946. The Kier molecular flexibility index (Phi) is 4.50. The van der Waals surface area contributed by atoms with E-state index < -0.39 is 6.09 Å². The predicted molar refractivity (Wildman–Crippen MR) is 112 cm³/mol. The van der Waals surface area contributed by atoms with Crippen molar-refractivity contribution in [2.75, 3.05) is 11.9 Å². The van der Waals surface area contributed by atoms with Crippen LogP contribution in [0.3, 0.4) is 0 Å². The second-order valence-corrected chi connectivity index (χ2v) is 7.71. The molecule has 0 spiro atoms. The van der Waals surface area contributed by atoms with E-state index in [0.29, 0.717) is 13.0 Å². The summed E-state index contributed by atoms with van der Waals surface area (Å²) in [6.45, 7) is 2.87. The van der Waals surface area contributed by atoms with Crippen molar-refractivity contribution in [1.82, 2.24) is 10.3 Å². The average Bonchev–Trinajstić information content (AvgIpc) is 3.19. The Hall–Kier alpha value is -3.61. The van der Waals surface area contributed by atoms with E-state index in [1.165, 1.54) is 0 Å². The molecule has 5 rings (SSSR count). The molecule has 0 saturated carbocycles. The largest absolute Gasteiger partial charge is 0.490 e. The number of amides is 2. The number of nitrogens with one attached hydrogen (secondary N) is 2. The molecule has 7 heteroatoms. The zero-order valence-corrected chi connectivity index (χ0v) is 16.5. The highest BCUT2D eigenvalue weighted by atomic mass is 16.5. The molecule has 2 amide bonds. The van der Waals surface area contributed by atoms with E-state index >= 15 is 0 Å². The molecule has 2 aromatic carbocycles. The van der Waals surface area contributed by atoms with E-state index in [2.05, 4.69) is 15.6 Å². The minimum atomic E-state index is -0.435. The third-order valence-corrected chi connectivity index (χ3v) is 5.70. The summed E-state index contributed by atoms with van der Waals surface area (Å²) >= 11 is 0. The maximum absolute atomic E-state index is 11.6. The summed E-state index contributed by atoms with van der Waals surface area (Å²) in [7, 11) is 0. The summed E-state index contributed by atoms with van der Waals surface area (Å²) in [6, 6.07) is 13.8. The molecule has 1 fully saturated rings. The molecule has 0 aliphatic carbocycles. The van der Waals surface area contributed by atoms with Crippen LogP contribution in [0.2, 0.25) is 0 Å². The van der Waals surface area contributed by atoms with Gasteiger partial charge in [0.2, 0.25) is 5.91 Å². The summed E-state index contributed by atoms with van der Waals surface area (Å²) in [6.07, 6.45) is 1.69. The zero-order chi connectivity index (χ0) is 20.7. The van der Waals surface area contributed by atoms with Gasteiger partial charge in [0.15, 0.2) is 0 Å². The number of benzene rings is 2. The number of pyridine rings is 1. The summed E-state index contributed by atoms with van der Waals surface area (Å²) in [4.78, 5) is 27.5. The molecule has 152 valence electrons. The first-order valence-corrected chi connectivity index (χ1v) is 9.96. The number of hydrogen-bond acceptors (Lipinski definition) is 5. The predicted octanol–water partition coefficient (Wildman–Crippen LogP) is 3.87. The Morgan fingerprint density at radius 3 is 2.90 bits per heavy atom. The van der Waals surface area contributed by atoms with Gasteiger partial charge in [-0.25, -0.2) is 4.79 Å². The van der Waals surface area contributed by atoms with Gasteiger partial charge in [-0.3, -0.25) is 15.1 Å². The van der Waals surface area contributed by atoms with Crippen molar-refractivity contribution in [1.29, 1.82) is 0 Å². The molecule has 1 saturated heterocycles. The molecule has 2 aliphatic heterocycles. The first-order valence-electron chi connectivity index (χ1n) is 9.96. The Morgan fingerprint density at radius 2 is 2.07 bits per heavy atom. The molecule has 1 aromatic heterocycles. The normalized spacial score (nSPS) is 18.9. The topological polar surface area (TPSA) is 89.6 Å². The number of rotatable bonds is 4. The molecule has 0 bridgehead atoms. The van der Waals surface area contributed by atoms with Gasteiger partial charge in [-0.1, -0.05) is 6.07 Å². The fraction of sp³-hybridized carbons (Fsp3) is 0.261. The summed E-state index contributed by atoms with van der Waals surface area (Å²) in [5.41, 5.74) is 4.46. The first-order chi connectivity index (χ1) is 14.6. The van der Waals surface area contributed by atoms with Gasteiger partial charge in [-0.2, -0.15) is 0 Å². The van der Waals surface area contributed by atoms with Crippen molar-refractivity contribution < 1.29 is 19.1 Å². The molecule has 3 aromatic rings. The molecule has 2 N–H and O–H groups in total. The van der Waals surface area contributed by atoms with Crippen LogP contribution in [0.4, 0.5) is 10.5 Å². The van der Waals surface area contributed by atoms with Crippen LogP contribution < -0.4 is 15.4 Å². The molecule has 0 radical (unpaired) electrons. The van der Waals surface area contributed by atoms with Crippen LogP contribution in [0.5, 0.6) is 5.75 Å². The van der Waals surface area contributed by atoms with E-state index in [1.807, 2.05) is 49.4 Å². The SMILES string of the molecule is C[C@@H](Oc1cc(-c2ccc3c(c2)COC(=O)N3)cc2ncccc12)[C@@H]1CNC(=O)C1. The Balaban J connectivity index is 1.52. The van der Waals surface area contributed by atoms with Crippen LogP contribution >= 0.6 is 0 Å². The van der Waals surface area contributed by atoms with E-state index in [0.717, 1.165) is 39.0 Å². The Bertz CT molecular complexity index is 1160. The number of ether oxygens (including phenoxy) is 2. The van der Waals surface area contributed by atoms with Gasteiger partial charge >= 0.3 is 6.09 Å². The minimum absolute atomic E-state index is 0.0686. The zero-order valence-electron chi connectivity index (χ0n) is 16.5.